The number of hydrogen-bond donors (Lipinski definition) is 1. The molecular formula is C16H17ClFNO. The predicted octanol–water partition coefficient (Wildman–Crippen LogP) is 4.17. The Balaban J connectivity index is 1.97. The van der Waals surface area contributed by atoms with Gasteiger partial charge in [-0.05, 0) is 36.4 Å². The lowest BCUT2D eigenvalue weighted by molar-refractivity contribution is 0.300. The second-order valence-corrected chi connectivity index (χ2v) is 4.82. The van der Waals surface area contributed by atoms with Gasteiger partial charge >= 0.3 is 0 Å². The Bertz CT molecular complexity index is 537. The molecule has 1 N–H and O–H groups in total. The van der Waals surface area contributed by atoms with Crippen molar-refractivity contribution >= 4 is 11.6 Å². The minimum atomic E-state index is -0.346. The Morgan fingerprint density at radius 3 is 2.55 bits per heavy atom. The summed E-state index contributed by atoms with van der Waals surface area (Å²) in [5, 5.41) is 3.63. The fourth-order valence-corrected chi connectivity index (χ4v) is 2.02. The predicted molar refractivity (Wildman–Crippen MR) is 79.6 cm³/mol. The van der Waals surface area contributed by atoms with Gasteiger partial charge in [-0.3, -0.25) is 0 Å². The van der Waals surface area contributed by atoms with Crippen LogP contribution in [0.15, 0.2) is 42.5 Å². The van der Waals surface area contributed by atoms with Crippen LogP contribution >= 0.6 is 11.6 Å². The Morgan fingerprint density at radius 2 is 1.90 bits per heavy atom. The highest BCUT2D eigenvalue weighted by Crippen LogP contribution is 2.21. The molecule has 2 aromatic rings. The van der Waals surface area contributed by atoms with E-state index in [1.54, 1.807) is 12.1 Å². The summed E-state index contributed by atoms with van der Waals surface area (Å²) >= 11 is 5.95. The average molecular weight is 294 g/mol. The van der Waals surface area contributed by atoms with Crippen LogP contribution in [0.5, 0.6) is 5.75 Å². The monoisotopic (exact) mass is 293 g/mol. The van der Waals surface area contributed by atoms with Gasteiger partial charge in [0.15, 0.2) is 0 Å². The summed E-state index contributed by atoms with van der Waals surface area (Å²) in [4.78, 5) is 0. The molecule has 0 amide bonds. The molecule has 2 nitrogen and oxygen atoms in total. The summed E-state index contributed by atoms with van der Waals surface area (Å²) in [6, 6.07) is 12.3. The molecule has 0 saturated heterocycles. The van der Waals surface area contributed by atoms with Gasteiger partial charge < -0.3 is 10.1 Å². The molecule has 4 heteroatoms. The van der Waals surface area contributed by atoms with Gasteiger partial charge in [-0.2, -0.15) is 0 Å². The van der Waals surface area contributed by atoms with Crippen molar-refractivity contribution in [1.82, 2.24) is 5.32 Å². The third-order valence-electron chi connectivity index (χ3n) is 2.95. The minimum absolute atomic E-state index is 0.123. The normalized spacial score (nSPS) is 10.6. The molecule has 0 heterocycles. The van der Waals surface area contributed by atoms with Crippen LogP contribution in [0.3, 0.4) is 0 Å². The second-order valence-electron chi connectivity index (χ2n) is 4.41. The smallest absolute Gasteiger partial charge is 0.131 e. The zero-order valence-electron chi connectivity index (χ0n) is 11.3. The molecule has 2 aromatic carbocycles. The molecule has 0 aliphatic heterocycles. The molecule has 2 rings (SSSR count). The molecule has 0 saturated carbocycles. The van der Waals surface area contributed by atoms with Crippen molar-refractivity contribution in [1.29, 1.82) is 0 Å². The molecule has 0 aliphatic rings. The van der Waals surface area contributed by atoms with E-state index in [-0.39, 0.29) is 12.4 Å². The van der Waals surface area contributed by atoms with Crippen LogP contribution in [0.4, 0.5) is 4.39 Å². The van der Waals surface area contributed by atoms with Gasteiger partial charge in [-0.25, -0.2) is 4.39 Å². The van der Waals surface area contributed by atoms with E-state index in [1.165, 1.54) is 11.6 Å². The highest BCUT2D eigenvalue weighted by molar-refractivity contribution is 6.31. The first-order valence-electron chi connectivity index (χ1n) is 6.56. The number of rotatable bonds is 6. The quantitative estimate of drug-likeness (QED) is 0.863. The van der Waals surface area contributed by atoms with Gasteiger partial charge in [0, 0.05) is 12.1 Å². The highest BCUT2D eigenvalue weighted by Gasteiger charge is 2.07. The summed E-state index contributed by atoms with van der Waals surface area (Å²) in [7, 11) is 0. The van der Waals surface area contributed by atoms with Crippen LogP contribution in [0, 0.1) is 5.82 Å². The maximum Gasteiger partial charge on any atom is 0.131 e. The molecule has 0 unspecified atom stereocenters. The third kappa shape index (κ3) is 3.95. The van der Waals surface area contributed by atoms with Gasteiger partial charge in [0.25, 0.3) is 0 Å². The highest BCUT2D eigenvalue weighted by atomic mass is 35.5. The van der Waals surface area contributed by atoms with Crippen molar-refractivity contribution in [3.8, 4) is 5.75 Å². The van der Waals surface area contributed by atoms with Gasteiger partial charge in [-0.15, -0.1) is 0 Å². The first-order chi connectivity index (χ1) is 9.70. The summed E-state index contributed by atoms with van der Waals surface area (Å²) in [6.45, 7) is 3.95. The lowest BCUT2D eigenvalue weighted by Gasteiger charge is -2.09. The maximum atomic E-state index is 13.6. The van der Waals surface area contributed by atoms with E-state index in [9.17, 15) is 4.39 Å². The number of hydrogen-bond acceptors (Lipinski definition) is 2. The van der Waals surface area contributed by atoms with Crippen LogP contribution in [0.1, 0.15) is 18.1 Å². The number of nitrogens with one attached hydrogen (secondary N) is 1. The molecule has 0 fully saturated rings. The van der Waals surface area contributed by atoms with E-state index in [4.69, 9.17) is 16.3 Å². The summed E-state index contributed by atoms with van der Waals surface area (Å²) in [5.74, 6) is 0.353. The SMILES string of the molecule is CCNCc1ccc(OCc2c(F)cccc2Cl)cc1. The van der Waals surface area contributed by atoms with Crippen molar-refractivity contribution in [2.24, 2.45) is 0 Å². The molecule has 0 aromatic heterocycles. The maximum absolute atomic E-state index is 13.6. The van der Waals surface area contributed by atoms with Gasteiger partial charge in [0.2, 0.25) is 0 Å². The number of ether oxygens (including phenoxy) is 1. The summed E-state index contributed by atoms with van der Waals surface area (Å²) in [5.41, 5.74) is 1.56. The molecule has 20 heavy (non-hydrogen) atoms. The Hall–Kier alpha value is -1.58. The van der Waals surface area contributed by atoms with Crippen LogP contribution in [0.2, 0.25) is 5.02 Å². The fraction of sp³-hybridized carbons (Fsp3) is 0.250. The van der Waals surface area contributed by atoms with Crippen LogP contribution in [-0.2, 0) is 13.2 Å². The lowest BCUT2D eigenvalue weighted by atomic mass is 10.2. The lowest BCUT2D eigenvalue weighted by Crippen LogP contribution is -2.11. The van der Waals surface area contributed by atoms with Gasteiger partial charge in [0.05, 0.1) is 5.02 Å². The largest absolute Gasteiger partial charge is 0.489 e. The van der Waals surface area contributed by atoms with Crippen molar-refractivity contribution in [3.63, 3.8) is 0 Å². The van der Waals surface area contributed by atoms with Crippen molar-refractivity contribution in [3.05, 3.63) is 64.4 Å². The third-order valence-corrected chi connectivity index (χ3v) is 3.30. The van der Waals surface area contributed by atoms with Crippen LogP contribution in [0.25, 0.3) is 0 Å². The summed E-state index contributed by atoms with van der Waals surface area (Å²) in [6.07, 6.45) is 0. The zero-order valence-corrected chi connectivity index (χ0v) is 12.1. The molecule has 0 aliphatic carbocycles. The van der Waals surface area contributed by atoms with E-state index in [0.29, 0.717) is 16.3 Å². The molecule has 0 spiro atoms. The van der Waals surface area contributed by atoms with E-state index in [1.807, 2.05) is 24.3 Å². The number of benzene rings is 2. The van der Waals surface area contributed by atoms with E-state index >= 15 is 0 Å². The fourth-order valence-electron chi connectivity index (χ4n) is 1.80. The van der Waals surface area contributed by atoms with Crippen molar-refractivity contribution in [2.45, 2.75) is 20.1 Å². The topological polar surface area (TPSA) is 21.3 Å². The molecule has 0 bridgehead atoms. The van der Waals surface area contributed by atoms with Crippen LogP contribution < -0.4 is 10.1 Å². The van der Waals surface area contributed by atoms with E-state index < -0.39 is 0 Å². The van der Waals surface area contributed by atoms with Gasteiger partial charge in [0.1, 0.15) is 18.2 Å². The average Bonchev–Trinajstić information content (AvgIpc) is 2.46. The Morgan fingerprint density at radius 1 is 1.15 bits per heavy atom. The molecular weight excluding hydrogens is 277 g/mol. The molecule has 0 radical (unpaired) electrons. The van der Waals surface area contributed by atoms with Crippen molar-refractivity contribution in [2.75, 3.05) is 6.54 Å². The van der Waals surface area contributed by atoms with Crippen molar-refractivity contribution < 1.29 is 9.13 Å². The second kappa shape index (κ2) is 7.27. The Kier molecular flexibility index (Phi) is 5.39. The Labute approximate surface area is 123 Å². The van der Waals surface area contributed by atoms with Crippen LogP contribution in [-0.4, -0.2) is 6.54 Å². The molecule has 0 atom stereocenters. The van der Waals surface area contributed by atoms with E-state index in [2.05, 4.69) is 12.2 Å². The molecule has 106 valence electrons. The first-order valence-corrected chi connectivity index (χ1v) is 6.94. The first kappa shape index (κ1) is 14.8. The summed E-state index contributed by atoms with van der Waals surface area (Å²) < 4.78 is 19.2. The minimum Gasteiger partial charge on any atom is -0.489 e. The van der Waals surface area contributed by atoms with Gasteiger partial charge in [-0.1, -0.05) is 36.7 Å². The standard InChI is InChI=1S/C16H17ClFNO/c1-2-19-10-12-6-8-13(9-7-12)20-11-14-15(17)4-3-5-16(14)18/h3-9,19H,2,10-11H2,1H3. The number of halogens is 2. The zero-order chi connectivity index (χ0) is 14.4. The van der Waals surface area contributed by atoms with E-state index in [0.717, 1.165) is 13.1 Å².